The van der Waals surface area contributed by atoms with Crippen molar-refractivity contribution >= 4 is 41.3 Å². The lowest BCUT2D eigenvalue weighted by atomic mass is 10.2. The first-order valence-electron chi connectivity index (χ1n) is 9.88. The van der Waals surface area contributed by atoms with Gasteiger partial charge in [0.15, 0.2) is 17.5 Å². The number of benzene rings is 2. The first-order chi connectivity index (χ1) is 14.2. The van der Waals surface area contributed by atoms with Gasteiger partial charge in [-0.2, -0.15) is 0 Å². The number of methoxy groups -OCH3 is 2. The molecule has 0 aromatic heterocycles. The van der Waals surface area contributed by atoms with E-state index in [0.29, 0.717) is 31.5 Å². The van der Waals surface area contributed by atoms with Crippen molar-refractivity contribution in [3.8, 4) is 11.5 Å². The van der Waals surface area contributed by atoms with Gasteiger partial charge in [0.1, 0.15) is 0 Å². The van der Waals surface area contributed by atoms with Gasteiger partial charge in [0, 0.05) is 37.6 Å². The van der Waals surface area contributed by atoms with Crippen LogP contribution in [0.1, 0.15) is 19.4 Å². The highest BCUT2D eigenvalue weighted by Crippen LogP contribution is 2.30. The van der Waals surface area contributed by atoms with Crippen molar-refractivity contribution in [2.75, 3.05) is 51.2 Å². The van der Waals surface area contributed by atoms with Crippen LogP contribution in [-0.2, 0) is 11.3 Å². The first-order valence-corrected chi connectivity index (χ1v) is 9.88. The molecule has 0 aliphatic heterocycles. The average Bonchev–Trinajstić information content (AvgIpc) is 2.74. The number of hydrogen-bond acceptors (Lipinski definition) is 5. The Morgan fingerprint density at radius 2 is 1.70 bits per heavy atom. The molecule has 0 radical (unpaired) electrons. The fourth-order valence-corrected chi connectivity index (χ4v) is 2.66. The van der Waals surface area contributed by atoms with E-state index < -0.39 is 0 Å². The van der Waals surface area contributed by atoms with Crippen molar-refractivity contribution in [1.29, 1.82) is 0 Å². The highest BCUT2D eigenvalue weighted by Gasteiger charge is 2.07. The van der Waals surface area contributed by atoms with Crippen molar-refractivity contribution in [2.45, 2.75) is 20.4 Å². The molecule has 0 aliphatic carbocycles. The number of anilines is 2. The van der Waals surface area contributed by atoms with Gasteiger partial charge in [-0.05, 0) is 43.7 Å². The van der Waals surface area contributed by atoms with Crippen LogP contribution < -0.4 is 25.4 Å². The first kappa shape index (κ1) is 25.8. The minimum atomic E-state index is 0. The standard InChI is InChI=1S/C22H32N4O3.HI/c1-5-23-22(26-19-11-12-20(29-6-2)21(15-19)28-4)25-16-17-7-9-18(10-8-17)24-13-14-27-3;/h7-12,15,24H,5-6,13-14,16H2,1-4H3,(H2,23,25,26);1H. The number of aliphatic imine (C=N–C) groups is 1. The monoisotopic (exact) mass is 528 g/mol. The number of halogens is 1. The molecule has 0 fully saturated rings. The third kappa shape index (κ3) is 8.66. The molecule has 0 saturated carbocycles. The molecule has 0 unspecified atom stereocenters. The molecule has 2 aromatic rings. The lowest BCUT2D eigenvalue weighted by Gasteiger charge is -2.14. The molecule has 8 heteroatoms. The Bertz CT molecular complexity index is 769. The minimum absolute atomic E-state index is 0. The van der Waals surface area contributed by atoms with Crippen LogP contribution in [0.25, 0.3) is 0 Å². The van der Waals surface area contributed by atoms with E-state index in [9.17, 15) is 0 Å². The Kier molecular flexibility index (Phi) is 12.7. The van der Waals surface area contributed by atoms with E-state index in [-0.39, 0.29) is 24.0 Å². The zero-order chi connectivity index (χ0) is 20.9. The number of hydrogen-bond donors (Lipinski definition) is 3. The molecular weight excluding hydrogens is 495 g/mol. The second-order valence-electron chi connectivity index (χ2n) is 6.24. The van der Waals surface area contributed by atoms with Crippen molar-refractivity contribution in [2.24, 2.45) is 4.99 Å². The van der Waals surface area contributed by atoms with Crippen LogP contribution in [0, 0.1) is 0 Å². The van der Waals surface area contributed by atoms with E-state index in [0.717, 1.165) is 35.8 Å². The maximum atomic E-state index is 5.57. The fraction of sp³-hybridized carbons (Fsp3) is 0.409. The summed E-state index contributed by atoms with van der Waals surface area (Å²) in [6, 6.07) is 14.0. The van der Waals surface area contributed by atoms with Crippen LogP contribution >= 0.6 is 24.0 Å². The van der Waals surface area contributed by atoms with Gasteiger partial charge >= 0.3 is 0 Å². The van der Waals surface area contributed by atoms with E-state index in [1.54, 1.807) is 14.2 Å². The largest absolute Gasteiger partial charge is 0.493 e. The maximum absolute atomic E-state index is 5.57. The predicted octanol–water partition coefficient (Wildman–Crippen LogP) is 4.35. The fourth-order valence-electron chi connectivity index (χ4n) is 2.66. The SMILES string of the molecule is CCNC(=NCc1ccc(NCCOC)cc1)Nc1ccc(OCC)c(OC)c1.I. The van der Waals surface area contributed by atoms with E-state index in [2.05, 4.69) is 45.2 Å². The quantitative estimate of drug-likeness (QED) is 0.174. The topological polar surface area (TPSA) is 76.1 Å². The summed E-state index contributed by atoms with van der Waals surface area (Å²) in [5.74, 6) is 2.12. The molecule has 0 heterocycles. The van der Waals surface area contributed by atoms with Crippen molar-refractivity contribution < 1.29 is 14.2 Å². The molecule has 2 aromatic carbocycles. The normalized spacial score (nSPS) is 10.7. The Morgan fingerprint density at radius 1 is 0.967 bits per heavy atom. The third-order valence-electron chi connectivity index (χ3n) is 4.08. The summed E-state index contributed by atoms with van der Waals surface area (Å²) in [4.78, 5) is 4.68. The van der Waals surface area contributed by atoms with E-state index in [1.807, 2.05) is 32.0 Å². The second-order valence-corrected chi connectivity index (χ2v) is 6.24. The summed E-state index contributed by atoms with van der Waals surface area (Å²) < 4.78 is 16.0. The summed E-state index contributed by atoms with van der Waals surface area (Å²) in [7, 11) is 3.33. The van der Waals surface area contributed by atoms with Gasteiger partial charge in [0.05, 0.1) is 26.9 Å². The van der Waals surface area contributed by atoms with E-state index >= 15 is 0 Å². The molecule has 0 aliphatic rings. The third-order valence-corrected chi connectivity index (χ3v) is 4.08. The number of rotatable bonds is 11. The van der Waals surface area contributed by atoms with Crippen LogP contribution in [0.5, 0.6) is 11.5 Å². The molecule has 30 heavy (non-hydrogen) atoms. The molecule has 0 spiro atoms. The summed E-state index contributed by atoms with van der Waals surface area (Å²) >= 11 is 0. The Labute approximate surface area is 196 Å². The van der Waals surface area contributed by atoms with Gasteiger partial charge in [0.25, 0.3) is 0 Å². The zero-order valence-electron chi connectivity index (χ0n) is 18.2. The molecule has 7 nitrogen and oxygen atoms in total. The van der Waals surface area contributed by atoms with Crippen LogP contribution in [0.2, 0.25) is 0 Å². The number of guanidine groups is 1. The van der Waals surface area contributed by atoms with Gasteiger partial charge in [-0.25, -0.2) is 4.99 Å². The smallest absolute Gasteiger partial charge is 0.196 e. The van der Waals surface area contributed by atoms with Gasteiger partial charge in [-0.3, -0.25) is 0 Å². The predicted molar refractivity (Wildman–Crippen MR) is 135 cm³/mol. The summed E-state index contributed by atoms with van der Waals surface area (Å²) in [6.07, 6.45) is 0. The van der Waals surface area contributed by atoms with E-state index in [1.165, 1.54) is 0 Å². The molecular formula is C22H33IN4O3. The molecule has 166 valence electrons. The summed E-state index contributed by atoms with van der Waals surface area (Å²) in [6.45, 7) is 7.38. The average molecular weight is 528 g/mol. The Balaban J connectivity index is 0.00000450. The van der Waals surface area contributed by atoms with Gasteiger partial charge in [0.2, 0.25) is 0 Å². The van der Waals surface area contributed by atoms with Crippen LogP contribution in [0.15, 0.2) is 47.5 Å². The Morgan fingerprint density at radius 3 is 2.33 bits per heavy atom. The van der Waals surface area contributed by atoms with Gasteiger partial charge in [-0.15, -0.1) is 24.0 Å². The molecule has 0 bridgehead atoms. The van der Waals surface area contributed by atoms with E-state index in [4.69, 9.17) is 14.2 Å². The van der Waals surface area contributed by atoms with Crippen molar-refractivity contribution in [3.05, 3.63) is 48.0 Å². The number of ether oxygens (including phenoxy) is 3. The highest BCUT2D eigenvalue weighted by atomic mass is 127. The van der Waals surface area contributed by atoms with Crippen molar-refractivity contribution in [1.82, 2.24) is 5.32 Å². The highest BCUT2D eigenvalue weighted by molar-refractivity contribution is 14.0. The summed E-state index contributed by atoms with van der Waals surface area (Å²) in [5.41, 5.74) is 3.08. The maximum Gasteiger partial charge on any atom is 0.196 e. The van der Waals surface area contributed by atoms with Crippen LogP contribution in [0.4, 0.5) is 11.4 Å². The lowest BCUT2D eigenvalue weighted by Crippen LogP contribution is -2.30. The number of nitrogens with one attached hydrogen (secondary N) is 3. The van der Waals surface area contributed by atoms with Crippen molar-refractivity contribution in [3.63, 3.8) is 0 Å². The lowest BCUT2D eigenvalue weighted by molar-refractivity contribution is 0.211. The second kappa shape index (κ2) is 14.7. The van der Waals surface area contributed by atoms with Gasteiger partial charge in [-0.1, -0.05) is 12.1 Å². The summed E-state index contributed by atoms with van der Waals surface area (Å²) in [5, 5.41) is 9.89. The molecule has 0 amide bonds. The molecule has 3 N–H and O–H groups in total. The van der Waals surface area contributed by atoms with Crippen LogP contribution in [-0.4, -0.2) is 46.5 Å². The molecule has 0 saturated heterocycles. The minimum Gasteiger partial charge on any atom is -0.493 e. The molecule has 0 atom stereocenters. The molecule has 2 rings (SSSR count). The number of nitrogens with zero attached hydrogens (tertiary/aromatic N) is 1. The zero-order valence-corrected chi connectivity index (χ0v) is 20.5. The van der Waals surface area contributed by atoms with Crippen LogP contribution in [0.3, 0.4) is 0 Å². The van der Waals surface area contributed by atoms with Gasteiger partial charge < -0.3 is 30.2 Å². The Hall–Kier alpha value is -2.20.